The van der Waals surface area contributed by atoms with E-state index in [4.69, 9.17) is 9.84 Å². The van der Waals surface area contributed by atoms with Crippen LogP contribution in [0.25, 0.3) is 6.08 Å². The van der Waals surface area contributed by atoms with Crippen LogP contribution in [-0.4, -0.2) is 27.5 Å². The highest BCUT2D eigenvalue weighted by Crippen LogP contribution is 2.17. The van der Waals surface area contributed by atoms with Crippen LogP contribution >= 0.6 is 0 Å². The van der Waals surface area contributed by atoms with Crippen LogP contribution in [0.4, 0.5) is 0 Å². The predicted molar refractivity (Wildman–Crippen MR) is 112 cm³/mol. The number of ketones is 1. The smallest absolute Gasteiger partial charge is 0.344 e. The molecule has 0 amide bonds. The molecule has 1 atom stereocenters. The average Bonchev–Trinajstić information content (AvgIpc) is 3.17. The van der Waals surface area contributed by atoms with Gasteiger partial charge in [-0.1, -0.05) is 54.1 Å². The van der Waals surface area contributed by atoms with E-state index in [0.717, 1.165) is 11.1 Å². The molecule has 0 saturated carbocycles. The second-order valence-electron chi connectivity index (χ2n) is 6.81. The van der Waals surface area contributed by atoms with Crippen LogP contribution in [0.1, 0.15) is 34.1 Å². The number of allylic oxidation sites excluding steroid dienone is 1. The fraction of sp³-hybridized carbons (Fsp3) is 0.167. The summed E-state index contributed by atoms with van der Waals surface area (Å²) in [5.41, 5.74) is 3.30. The first kappa shape index (κ1) is 20.1. The van der Waals surface area contributed by atoms with Gasteiger partial charge in [0.15, 0.2) is 6.10 Å². The summed E-state index contributed by atoms with van der Waals surface area (Å²) < 4.78 is 7.29. The Balaban J connectivity index is 1.69. The van der Waals surface area contributed by atoms with Crippen molar-refractivity contribution in [2.75, 3.05) is 0 Å². The molecule has 0 saturated heterocycles. The number of aryl methyl sites for hydroxylation is 1. The van der Waals surface area contributed by atoms with Crippen molar-refractivity contribution in [3.8, 4) is 5.75 Å². The van der Waals surface area contributed by atoms with Crippen LogP contribution in [0.5, 0.6) is 5.75 Å². The van der Waals surface area contributed by atoms with Crippen molar-refractivity contribution < 1.29 is 19.4 Å². The lowest BCUT2D eigenvalue weighted by Gasteiger charge is -2.10. The van der Waals surface area contributed by atoms with E-state index in [2.05, 4.69) is 0 Å². The third kappa shape index (κ3) is 5.23. The summed E-state index contributed by atoms with van der Waals surface area (Å²) in [6.45, 7) is 4.02. The van der Waals surface area contributed by atoms with Crippen molar-refractivity contribution in [1.82, 2.24) is 4.57 Å². The molecule has 0 bridgehead atoms. The Morgan fingerprint density at radius 2 is 1.86 bits per heavy atom. The summed E-state index contributed by atoms with van der Waals surface area (Å²) in [6.07, 6.45) is 4.83. The Morgan fingerprint density at radius 3 is 2.59 bits per heavy atom. The molecule has 1 aromatic heterocycles. The van der Waals surface area contributed by atoms with E-state index in [9.17, 15) is 9.59 Å². The summed E-state index contributed by atoms with van der Waals surface area (Å²) in [7, 11) is 0. The van der Waals surface area contributed by atoms with Gasteiger partial charge < -0.3 is 14.4 Å². The Kier molecular flexibility index (Phi) is 6.29. The van der Waals surface area contributed by atoms with E-state index in [1.165, 1.54) is 6.92 Å². The number of carboxylic acid groups (broad SMARTS) is 1. The van der Waals surface area contributed by atoms with Gasteiger partial charge in [-0.3, -0.25) is 4.79 Å². The molecule has 0 aliphatic carbocycles. The van der Waals surface area contributed by atoms with Gasteiger partial charge in [0.2, 0.25) is 5.78 Å². The molecular weight excluding hydrogens is 366 g/mol. The molecule has 3 aromatic rings. The topological polar surface area (TPSA) is 68.5 Å². The number of aromatic nitrogens is 1. The lowest BCUT2D eigenvalue weighted by Crippen LogP contribution is -2.22. The Labute approximate surface area is 169 Å². The van der Waals surface area contributed by atoms with E-state index >= 15 is 0 Å². The van der Waals surface area contributed by atoms with Crippen molar-refractivity contribution >= 4 is 17.8 Å². The van der Waals surface area contributed by atoms with Crippen molar-refractivity contribution in [1.29, 1.82) is 0 Å². The highest BCUT2D eigenvalue weighted by atomic mass is 16.5. The molecule has 29 heavy (non-hydrogen) atoms. The maximum atomic E-state index is 12.8. The van der Waals surface area contributed by atoms with Gasteiger partial charge in [-0.25, -0.2) is 4.79 Å². The molecule has 5 nitrogen and oxygen atoms in total. The van der Waals surface area contributed by atoms with E-state index in [1.807, 2.05) is 78.4 Å². The average molecular weight is 389 g/mol. The summed E-state index contributed by atoms with van der Waals surface area (Å²) in [4.78, 5) is 23.7. The molecule has 1 unspecified atom stereocenters. The number of carbonyl (C=O) groups excluding carboxylic acids is 1. The standard InChI is InChI=1S/C24H23NO4/c1-17-10-12-20(13-11-17)23(26)22-9-5-15-25(22)14-4-7-19-6-3-8-21(16-19)29-18(2)24(27)28/h3-13,15-16,18H,14H2,1-2H3,(H,27,28). The monoisotopic (exact) mass is 389 g/mol. The summed E-state index contributed by atoms with van der Waals surface area (Å²) in [6, 6.07) is 18.4. The molecule has 1 heterocycles. The van der Waals surface area contributed by atoms with Crippen molar-refractivity contribution in [2.24, 2.45) is 0 Å². The molecule has 0 aliphatic rings. The maximum Gasteiger partial charge on any atom is 0.344 e. The molecular formula is C24H23NO4. The number of ether oxygens (including phenoxy) is 1. The van der Waals surface area contributed by atoms with E-state index in [-0.39, 0.29) is 5.78 Å². The van der Waals surface area contributed by atoms with Crippen molar-refractivity contribution in [2.45, 2.75) is 26.5 Å². The number of carboxylic acids is 1. The van der Waals surface area contributed by atoms with Crippen LogP contribution in [0.2, 0.25) is 0 Å². The zero-order valence-electron chi connectivity index (χ0n) is 16.4. The Bertz CT molecular complexity index is 1030. The van der Waals surface area contributed by atoms with Gasteiger partial charge in [0.25, 0.3) is 0 Å². The first-order valence-electron chi connectivity index (χ1n) is 9.36. The van der Waals surface area contributed by atoms with Crippen LogP contribution in [0.15, 0.2) is 72.9 Å². The van der Waals surface area contributed by atoms with Gasteiger partial charge in [0, 0.05) is 18.3 Å². The number of aliphatic carboxylic acids is 1. The first-order chi connectivity index (χ1) is 13.9. The summed E-state index contributed by atoms with van der Waals surface area (Å²) in [5, 5.41) is 8.96. The number of carbonyl (C=O) groups is 2. The van der Waals surface area contributed by atoms with E-state index in [1.54, 1.807) is 12.1 Å². The second kappa shape index (κ2) is 9.06. The van der Waals surface area contributed by atoms with E-state index in [0.29, 0.717) is 23.6 Å². The third-order valence-electron chi connectivity index (χ3n) is 4.51. The maximum absolute atomic E-state index is 12.8. The van der Waals surface area contributed by atoms with Gasteiger partial charge in [0.1, 0.15) is 5.75 Å². The second-order valence-corrected chi connectivity index (χ2v) is 6.81. The molecule has 1 N–H and O–H groups in total. The first-order valence-corrected chi connectivity index (χ1v) is 9.36. The number of hydrogen-bond donors (Lipinski definition) is 1. The summed E-state index contributed by atoms with van der Waals surface area (Å²) >= 11 is 0. The van der Waals surface area contributed by atoms with Gasteiger partial charge in [-0.15, -0.1) is 0 Å². The zero-order chi connectivity index (χ0) is 20.8. The molecule has 0 radical (unpaired) electrons. The number of benzene rings is 2. The molecule has 0 fully saturated rings. The molecule has 3 rings (SSSR count). The van der Waals surface area contributed by atoms with E-state index < -0.39 is 12.1 Å². The van der Waals surface area contributed by atoms with Crippen LogP contribution in [-0.2, 0) is 11.3 Å². The minimum absolute atomic E-state index is 0.0125. The number of hydrogen-bond acceptors (Lipinski definition) is 3. The highest BCUT2D eigenvalue weighted by Gasteiger charge is 2.13. The molecule has 2 aromatic carbocycles. The lowest BCUT2D eigenvalue weighted by molar-refractivity contribution is -0.144. The van der Waals surface area contributed by atoms with Gasteiger partial charge in [0.05, 0.1) is 5.69 Å². The normalized spacial score (nSPS) is 12.1. The summed E-state index contributed by atoms with van der Waals surface area (Å²) in [5.74, 6) is -0.524. The largest absolute Gasteiger partial charge is 0.479 e. The van der Waals surface area contributed by atoms with Gasteiger partial charge in [-0.2, -0.15) is 0 Å². The fourth-order valence-electron chi connectivity index (χ4n) is 2.88. The number of nitrogens with zero attached hydrogens (tertiary/aromatic N) is 1. The van der Waals surface area contributed by atoms with Crippen LogP contribution in [0, 0.1) is 6.92 Å². The lowest BCUT2D eigenvalue weighted by atomic mass is 10.1. The van der Waals surface area contributed by atoms with Gasteiger partial charge >= 0.3 is 5.97 Å². The van der Waals surface area contributed by atoms with Crippen LogP contribution in [0.3, 0.4) is 0 Å². The Morgan fingerprint density at radius 1 is 1.10 bits per heavy atom. The van der Waals surface area contributed by atoms with Crippen molar-refractivity contribution in [3.63, 3.8) is 0 Å². The zero-order valence-corrected chi connectivity index (χ0v) is 16.4. The molecule has 0 spiro atoms. The molecule has 0 aliphatic heterocycles. The minimum atomic E-state index is -1.01. The molecule has 5 heteroatoms. The highest BCUT2D eigenvalue weighted by molar-refractivity contribution is 6.08. The minimum Gasteiger partial charge on any atom is -0.479 e. The van der Waals surface area contributed by atoms with Crippen LogP contribution < -0.4 is 4.74 Å². The van der Waals surface area contributed by atoms with Gasteiger partial charge in [-0.05, 0) is 43.7 Å². The molecule has 148 valence electrons. The fourth-order valence-corrected chi connectivity index (χ4v) is 2.88. The predicted octanol–water partition coefficient (Wildman–Crippen LogP) is 4.59. The van der Waals surface area contributed by atoms with Crippen molar-refractivity contribution in [3.05, 3.63) is 95.3 Å². The number of rotatable bonds is 8. The SMILES string of the molecule is Cc1ccc(C(=O)c2cccn2CC=Cc2cccc(OC(C)C(=O)O)c2)cc1. The Hall–Kier alpha value is -3.60. The third-order valence-corrected chi connectivity index (χ3v) is 4.51. The quantitative estimate of drug-likeness (QED) is 0.572.